The van der Waals surface area contributed by atoms with Gasteiger partial charge in [0.25, 0.3) is 5.91 Å². The molecule has 288 valence electrons. The lowest BCUT2D eigenvalue weighted by Gasteiger charge is -2.35. The predicted molar refractivity (Wildman–Crippen MR) is 201 cm³/mol. The van der Waals surface area contributed by atoms with Crippen LogP contribution in [0.15, 0.2) is 67.3 Å². The maximum atomic E-state index is 14.5. The van der Waals surface area contributed by atoms with E-state index in [2.05, 4.69) is 21.9 Å². The molecule has 1 aromatic heterocycles. The lowest BCUT2D eigenvalue weighted by Crippen LogP contribution is -2.60. The molecule has 5 unspecified atom stereocenters. The number of nitrogens with zero attached hydrogens (tertiary/aromatic N) is 2. The van der Waals surface area contributed by atoms with Gasteiger partial charge in [-0.1, -0.05) is 57.2 Å². The number of amides is 4. The smallest absolute Gasteiger partial charge is 0.259 e. The average molecular weight is 762 g/mol. The Bertz CT molecular complexity index is 2070. The van der Waals surface area contributed by atoms with Gasteiger partial charge >= 0.3 is 0 Å². The molecule has 3 N–H and O–H groups in total. The standard InChI is InChI=1S/C39H47N5O9S/c1-7-24-20-39(24,37(48)43-54(49,50)27-14-15-27)42-35(46)31-18-26(21-44(31)36(47)34(38(2,3)4)41-33(45)22-51-5)53-32-19-29(23-11-9-8-10-12-23)40-30-17-25(52-6)13-16-28(30)32/h7-13,16-17,19,24,26-27,31,34H,1,14-15,18,20-22H2,2-6H3,(H,41,45)(H,42,46)(H,43,48). The third-order valence-electron chi connectivity index (χ3n) is 10.1. The Labute approximate surface area is 315 Å². The quantitative estimate of drug-likeness (QED) is 0.207. The van der Waals surface area contributed by atoms with Crippen LogP contribution < -0.4 is 24.8 Å². The van der Waals surface area contributed by atoms with E-state index in [1.165, 1.54) is 18.1 Å². The molecule has 14 nitrogen and oxygen atoms in total. The van der Waals surface area contributed by atoms with Crippen LogP contribution >= 0.6 is 0 Å². The molecule has 0 spiro atoms. The lowest BCUT2D eigenvalue weighted by molar-refractivity contribution is -0.145. The van der Waals surface area contributed by atoms with E-state index in [4.69, 9.17) is 19.2 Å². The highest BCUT2D eigenvalue weighted by molar-refractivity contribution is 7.91. The molecule has 2 aromatic carbocycles. The normalized spacial score (nSPS) is 22.9. The molecule has 3 aliphatic rings. The van der Waals surface area contributed by atoms with E-state index in [1.54, 1.807) is 40.0 Å². The van der Waals surface area contributed by atoms with Crippen LogP contribution in [0.2, 0.25) is 0 Å². The van der Waals surface area contributed by atoms with Gasteiger partial charge in [-0.25, -0.2) is 13.4 Å². The minimum absolute atomic E-state index is 0.0257. The van der Waals surface area contributed by atoms with E-state index in [0.717, 1.165) is 5.56 Å². The summed E-state index contributed by atoms with van der Waals surface area (Å²) in [6.45, 7) is 8.85. The number of rotatable bonds is 14. The fourth-order valence-electron chi connectivity index (χ4n) is 6.88. The van der Waals surface area contributed by atoms with E-state index >= 15 is 0 Å². The van der Waals surface area contributed by atoms with Crippen LogP contribution in [-0.2, 0) is 33.9 Å². The zero-order valence-corrected chi connectivity index (χ0v) is 31.9. The van der Waals surface area contributed by atoms with Crippen molar-refractivity contribution in [2.45, 2.75) is 75.4 Å². The molecule has 0 radical (unpaired) electrons. The highest BCUT2D eigenvalue weighted by Gasteiger charge is 2.62. The molecule has 0 bridgehead atoms. The van der Waals surface area contributed by atoms with Crippen molar-refractivity contribution in [3.05, 3.63) is 67.3 Å². The maximum Gasteiger partial charge on any atom is 0.259 e. The number of nitrogens with one attached hydrogen (secondary N) is 3. The van der Waals surface area contributed by atoms with Crippen LogP contribution in [-0.4, -0.2) is 98.3 Å². The summed E-state index contributed by atoms with van der Waals surface area (Å²) in [7, 11) is -0.971. The number of aromatic nitrogens is 1. The molecular formula is C39H47N5O9S. The number of pyridine rings is 1. The Morgan fingerprint density at radius 3 is 2.41 bits per heavy atom. The molecule has 5 atom stereocenters. The number of sulfonamides is 1. The van der Waals surface area contributed by atoms with Gasteiger partial charge in [0.2, 0.25) is 27.7 Å². The van der Waals surface area contributed by atoms with Gasteiger partial charge in [0, 0.05) is 42.5 Å². The summed E-state index contributed by atoms with van der Waals surface area (Å²) in [6.07, 6.45) is 1.86. The van der Waals surface area contributed by atoms with Crippen molar-refractivity contribution in [2.75, 3.05) is 27.4 Å². The number of carbonyl (C=O) groups excluding carboxylic acids is 4. The van der Waals surface area contributed by atoms with Crippen molar-refractivity contribution in [3.63, 3.8) is 0 Å². The van der Waals surface area contributed by atoms with Crippen LogP contribution in [0.25, 0.3) is 22.2 Å². The molecule has 2 aliphatic carbocycles. The first-order chi connectivity index (χ1) is 25.6. The fourth-order valence-corrected chi connectivity index (χ4v) is 8.24. The molecule has 1 aliphatic heterocycles. The van der Waals surface area contributed by atoms with Gasteiger partial charge in [-0.15, -0.1) is 6.58 Å². The molecule has 15 heteroatoms. The molecule has 6 rings (SSSR count). The topological polar surface area (TPSA) is 182 Å². The largest absolute Gasteiger partial charge is 0.497 e. The van der Waals surface area contributed by atoms with Gasteiger partial charge in [0.05, 0.1) is 30.1 Å². The van der Waals surface area contributed by atoms with E-state index in [-0.39, 0.29) is 26.0 Å². The summed E-state index contributed by atoms with van der Waals surface area (Å²) in [5.74, 6) is -2.00. The van der Waals surface area contributed by atoms with Gasteiger partial charge in [0.1, 0.15) is 41.8 Å². The Morgan fingerprint density at radius 2 is 1.80 bits per heavy atom. The number of fused-ring (bicyclic) bond motifs is 1. The van der Waals surface area contributed by atoms with E-state index in [1.807, 2.05) is 42.5 Å². The molecule has 2 saturated carbocycles. The molecule has 4 amide bonds. The van der Waals surface area contributed by atoms with Crippen molar-refractivity contribution in [1.82, 2.24) is 25.2 Å². The number of ether oxygens (including phenoxy) is 3. The van der Waals surface area contributed by atoms with Crippen molar-refractivity contribution in [2.24, 2.45) is 11.3 Å². The van der Waals surface area contributed by atoms with Gasteiger partial charge in [-0.2, -0.15) is 0 Å². The number of benzene rings is 2. The second-order valence-corrected chi connectivity index (χ2v) is 17.2. The summed E-state index contributed by atoms with van der Waals surface area (Å²) in [6, 6.07) is 14.6. The summed E-state index contributed by atoms with van der Waals surface area (Å²) >= 11 is 0. The minimum atomic E-state index is -3.91. The lowest BCUT2D eigenvalue weighted by atomic mass is 9.85. The van der Waals surface area contributed by atoms with Gasteiger partial charge < -0.3 is 29.7 Å². The van der Waals surface area contributed by atoms with Crippen LogP contribution in [0.1, 0.15) is 46.5 Å². The summed E-state index contributed by atoms with van der Waals surface area (Å²) < 4.78 is 44.7. The average Bonchev–Trinajstić information content (AvgIpc) is 4.06. The molecular weight excluding hydrogens is 715 g/mol. The Kier molecular flexibility index (Phi) is 10.8. The Hall–Kier alpha value is -5.02. The maximum absolute atomic E-state index is 14.5. The highest BCUT2D eigenvalue weighted by Crippen LogP contribution is 2.46. The van der Waals surface area contributed by atoms with E-state index < -0.39 is 74.0 Å². The molecule has 54 heavy (non-hydrogen) atoms. The van der Waals surface area contributed by atoms with Gasteiger partial charge in [-0.3, -0.25) is 23.9 Å². The summed E-state index contributed by atoms with van der Waals surface area (Å²) in [4.78, 5) is 61.4. The highest BCUT2D eigenvalue weighted by atomic mass is 32.2. The number of likely N-dealkylation sites (tertiary alicyclic amines) is 1. The van der Waals surface area contributed by atoms with Crippen molar-refractivity contribution >= 4 is 44.6 Å². The van der Waals surface area contributed by atoms with Crippen molar-refractivity contribution in [3.8, 4) is 22.8 Å². The second-order valence-electron chi connectivity index (χ2n) is 15.2. The monoisotopic (exact) mass is 761 g/mol. The Morgan fingerprint density at radius 1 is 1.07 bits per heavy atom. The molecule has 3 aromatic rings. The van der Waals surface area contributed by atoms with Gasteiger partial charge in [0.15, 0.2) is 0 Å². The zero-order valence-electron chi connectivity index (χ0n) is 31.1. The third kappa shape index (κ3) is 8.06. The number of hydrogen-bond acceptors (Lipinski definition) is 10. The second kappa shape index (κ2) is 15.0. The summed E-state index contributed by atoms with van der Waals surface area (Å²) in [5.41, 5.74) is -0.249. The van der Waals surface area contributed by atoms with Crippen LogP contribution in [0, 0.1) is 11.3 Å². The third-order valence-corrected chi connectivity index (χ3v) is 12.0. The molecule has 2 heterocycles. The fraction of sp³-hybridized carbons (Fsp3) is 0.462. The van der Waals surface area contributed by atoms with Crippen LogP contribution in [0.3, 0.4) is 0 Å². The minimum Gasteiger partial charge on any atom is -0.497 e. The predicted octanol–water partition coefficient (Wildman–Crippen LogP) is 3.11. The number of methoxy groups -OCH3 is 2. The number of hydrogen-bond donors (Lipinski definition) is 3. The van der Waals surface area contributed by atoms with E-state index in [9.17, 15) is 27.6 Å². The van der Waals surface area contributed by atoms with E-state index in [0.29, 0.717) is 40.9 Å². The zero-order chi connectivity index (χ0) is 39.0. The Balaban J connectivity index is 1.34. The first kappa shape index (κ1) is 38.7. The van der Waals surface area contributed by atoms with Crippen molar-refractivity contribution < 1.29 is 41.8 Å². The van der Waals surface area contributed by atoms with Crippen molar-refractivity contribution in [1.29, 1.82) is 0 Å². The number of carbonyl (C=O) groups is 4. The molecule has 3 fully saturated rings. The summed E-state index contributed by atoms with van der Waals surface area (Å²) in [5, 5.41) is 5.60. The SMILES string of the molecule is C=CC1CC1(NC(=O)C1CC(Oc2cc(-c3ccccc3)nc3cc(OC)ccc23)CN1C(=O)C(NC(=O)COC)C(C)(C)C)C(=O)NS(=O)(=O)C1CC1. The molecule has 1 saturated heterocycles. The first-order valence-corrected chi connectivity index (χ1v) is 19.4. The van der Waals surface area contributed by atoms with Crippen LogP contribution in [0.5, 0.6) is 11.5 Å². The van der Waals surface area contributed by atoms with Gasteiger partial charge in [-0.05, 0) is 36.8 Å². The van der Waals surface area contributed by atoms with Crippen LogP contribution in [0.4, 0.5) is 0 Å². The first-order valence-electron chi connectivity index (χ1n) is 17.9.